The van der Waals surface area contributed by atoms with Gasteiger partial charge in [-0.1, -0.05) is 24.3 Å². The zero-order valence-electron chi connectivity index (χ0n) is 16.1. The van der Waals surface area contributed by atoms with Crippen molar-refractivity contribution in [1.29, 1.82) is 0 Å². The monoisotopic (exact) mass is 377 g/mol. The van der Waals surface area contributed by atoms with Gasteiger partial charge in [-0.05, 0) is 35.8 Å². The fourth-order valence-corrected chi connectivity index (χ4v) is 3.65. The summed E-state index contributed by atoms with van der Waals surface area (Å²) in [5, 5.41) is 1.07. The lowest BCUT2D eigenvalue weighted by Gasteiger charge is -2.24. The van der Waals surface area contributed by atoms with Gasteiger partial charge in [-0.15, -0.1) is 0 Å². The molecular formula is C22H23N3O3. The number of carbonyl (C=O) groups excluding carboxylic acids is 1. The van der Waals surface area contributed by atoms with E-state index in [0.29, 0.717) is 6.54 Å². The van der Waals surface area contributed by atoms with Gasteiger partial charge in [0.15, 0.2) is 0 Å². The molecule has 1 aromatic carbocycles. The van der Waals surface area contributed by atoms with Gasteiger partial charge in [0.25, 0.3) is 0 Å². The molecule has 0 fully saturated rings. The highest BCUT2D eigenvalue weighted by atomic mass is 16.5. The van der Waals surface area contributed by atoms with Crippen molar-refractivity contribution in [3.8, 4) is 16.9 Å². The summed E-state index contributed by atoms with van der Waals surface area (Å²) in [7, 11) is 3.11. The number of hydrogen-bond donors (Lipinski definition) is 1. The molecular weight excluding hydrogens is 354 g/mol. The second kappa shape index (κ2) is 7.86. The fourth-order valence-electron chi connectivity index (χ4n) is 3.65. The Kier molecular flexibility index (Phi) is 5.12. The van der Waals surface area contributed by atoms with Crippen LogP contribution in [0.3, 0.4) is 0 Å². The average molecular weight is 377 g/mol. The number of nitrogens with zero attached hydrogens (tertiary/aromatic N) is 2. The third kappa shape index (κ3) is 3.51. The van der Waals surface area contributed by atoms with Crippen LogP contribution in [0, 0.1) is 0 Å². The molecule has 0 spiro atoms. The van der Waals surface area contributed by atoms with E-state index in [9.17, 15) is 4.79 Å². The number of rotatable bonds is 5. The predicted molar refractivity (Wildman–Crippen MR) is 109 cm³/mol. The highest BCUT2D eigenvalue weighted by Crippen LogP contribution is 2.35. The molecule has 2 aromatic heterocycles. The Morgan fingerprint density at radius 3 is 2.82 bits per heavy atom. The molecule has 0 unspecified atom stereocenters. The highest BCUT2D eigenvalue weighted by molar-refractivity contribution is 5.96. The molecule has 1 aliphatic heterocycles. The molecule has 0 amide bonds. The first-order chi connectivity index (χ1) is 13.7. The Morgan fingerprint density at radius 2 is 2.07 bits per heavy atom. The molecule has 0 saturated carbocycles. The van der Waals surface area contributed by atoms with Gasteiger partial charge in [-0.2, -0.15) is 0 Å². The summed E-state index contributed by atoms with van der Waals surface area (Å²) in [5.74, 6) is 0.640. The molecule has 0 bridgehead atoms. The molecule has 1 aliphatic rings. The molecule has 0 saturated heterocycles. The lowest BCUT2D eigenvalue weighted by molar-refractivity contribution is -0.141. The summed E-state index contributed by atoms with van der Waals surface area (Å²) >= 11 is 0. The molecule has 0 aliphatic carbocycles. The van der Waals surface area contributed by atoms with Gasteiger partial charge in [0, 0.05) is 35.9 Å². The van der Waals surface area contributed by atoms with Gasteiger partial charge in [0.05, 0.1) is 20.8 Å². The van der Waals surface area contributed by atoms with Crippen LogP contribution >= 0.6 is 0 Å². The molecule has 28 heavy (non-hydrogen) atoms. The highest BCUT2D eigenvalue weighted by Gasteiger charge is 2.18. The zero-order chi connectivity index (χ0) is 19.5. The molecule has 4 rings (SSSR count). The van der Waals surface area contributed by atoms with Gasteiger partial charge in [-0.25, -0.2) is 4.98 Å². The van der Waals surface area contributed by atoms with Crippen molar-refractivity contribution in [2.75, 3.05) is 33.9 Å². The normalized spacial score (nSPS) is 14.7. The lowest BCUT2D eigenvalue weighted by Crippen LogP contribution is -2.34. The van der Waals surface area contributed by atoms with E-state index in [1.807, 2.05) is 30.5 Å². The van der Waals surface area contributed by atoms with Crippen molar-refractivity contribution in [3.05, 3.63) is 54.4 Å². The number of ether oxygens (including phenoxy) is 2. The van der Waals surface area contributed by atoms with Gasteiger partial charge in [-0.3, -0.25) is 9.69 Å². The van der Waals surface area contributed by atoms with Crippen LogP contribution in [-0.2, 0) is 9.53 Å². The summed E-state index contributed by atoms with van der Waals surface area (Å²) in [5.41, 5.74) is 5.31. The number of H-pyrrole nitrogens is 1. The minimum absolute atomic E-state index is 0.201. The second-order valence-electron chi connectivity index (χ2n) is 6.79. The Bertz CT molecular complexity index is 1040. The summed E-state index contributed by atoms with van der Waals surface area (Å²) in [6, 6.07) is 12.2. The third-order valence-electron chi connectivity index (χ3n) is 5.15. The largest absolute Gasteiger partial charge is 0.496 e. The van der Waals surface area contributed by atoms with Crippen molar-refractivity contribution < 1.29 is 14.3 Å². The van der Waals surface area contributed by atoms with Gasteiger partial charge in [0.1, 0.15) is 11.4 Å². The van der Waals surface area contributed by atoms with Gasteiger partial charge < -0.3 is 14.5 Å². The second-order valence-corrected chi connectivity index (χ2v) is 6.79. The maximum absolute atomic E-state index is 11.5. The lowest BCUT2D eigenvalue weighted by atomic mass is 10.0. The quantitative estimate of drug-likeness (QED) is 0.690. The van der Waals surface area contributed by atoms with E-state index in [-0.39, 0.29) is 5.97 Å². The van der Waals surface area contributed by atoms with Crippen LogP contribution in [0.5, 0.6) is 5.75 Å². The van der Waals surface area contributed by atoms with E-state index < -0.39 is 0 Å². The minimum Gasteiger partial charge on any atom is -0.496 e. The molecule has 6 heteroatoms. The first-order valence-electron chi connectivity index (χ1n) is 9.29. The SMILES string of the molecule is COC(=O)CN1CC=C(c2cc3c(-c4ccccc4OC)ccnc3[nH]2)CC1. The van der Waals surface area contributed by atoms with Crippen molar-refractivity contribution >= 4 is 22.6 Å². The smallest absolute Gasteiger partial charge is 0.319 e. The number of aromatic amines is 1. The van der Waals surface area contributed by atoms with Crippen LogP contribution in [0.15, 0.2) is 48.7 Å². The van der Waals surface area contributed by atoms with Gasteiger partial charge >= 0.3 is 5.97 Å². The Labute approximate surface area is 163 Å². The first kappa shape index (κ1) is 18.3. The van der Waals surface area contributed by atoms with Crippen LogP contribution in [0.1, 0.15) is 12.1 Å². The molecule has 0 radical (unpaired) electrons. The van der Waals surface area contributed by atoms with E-state index in [1.165, 1.54) is 12.7 Å². The maximum atomic E-state index is 11.5. The molecule has 144 valence electrons. The first-order valence-corrected chi connectivity index (χ1v) is 9.29. The van der Waals surface area contributed by atoms with Crippen molar-refractivity contribution in [1.82, 2.24) is 14.9 Å². The van der Waals surface area contributed by atoms with Crippen LogP contribution in [0.2, 0.25) is 0 Å². The van der Waals surface area contributed by atoms with E-state index >= 15 is 0 Å². The summed E-state index contributed by atoms with van der Waals surface area (Å²) in [6.07, 6.45) is 4.85. The number of para-hydroxylation sites is 1. The van der Waals surface area contributed by atoms with Crippen molar-refractivity contribution in [3.63, 3.8) is 0 Å². The number of benzene rings is 1. The van der Waals surface area contributed by atoms with Crippen molar-refractivity contribution in [2.24, 2.45) is 0 Å². The topological polar surface area (TPSA) is 67.4 Å². The summed E-state index contributed by atoms with van der Waals surface area (Å²) < 4.78 is 10.3. The minimum atomic E-state index is -0.201. The van der Waals surface area contributed by atoms with E-state index in [0.717, 1.165) is 53.1 Å². The molecule has 0 atom stereocenters. The maximum Gasteiger partial charge on any atom is 0.319 e. The molecule has 6 nitrogen and oxygen atoms in total. The number of aromatic nitrogens is 2. The average Bonchev–Trinajstić information content (AvgIpc) is 3.18. The van der Waals surface area contributed by atoms with Crippen molar-refractivity contribution in [2.45, 2.75) is 6.42 Å². The standard InChI is InChI=1S/C22H23N3O3/c1-27-20-6-4-3-5-17(20)16-7-10-23-22-18(16)13-19(24-22)15-8-11-25(12-9-15)14-21(26)28-2/h3-8,10,13H,9,11-12,14H2,1-2H3,(H,23,24). The van der Waals surface area contributed by atoms with Crippen LogP contribution in [0.4, 0.5) is 0 Å². The Hall–Kier alpha value is -3.12. The number of hydrogen-bond acceptors (Lipinski definition) is 5. The van der Waals surface area contributed by atoms with Crippen LogP contribution in [0.25, 0.3) is 27.7 Å². The zero-order valence-corrected chi connectivity index (χ0v) is 16.1. The predicted octanol–water partition coefficient (Wildman–Crippen LogP) is 3.50. The Morgan fingerprint density at radius 1 is 1.21 bits per heavy atom. The third-order valence-corrected chi connectivity index (χ3v) is 5.15. The summed E-state index contributed by atoms with van der Waals surface area (Å²) in [4.78, 5) is 21.5. The number of fused-ring (bicyclic) bond motifs is 1. The number of carbonyl (C=O) groups is 1. The van der Waals surface area contributed by atoms with Gasteiger partial charge in [0.2, 0.25) is 0 Å². The number of esters is 1. The number of methoxy groups -OCH3 is 2. The summed E-state index contributed by atoms with van der Waals surface area (Å²) in [6.45, 7) is 1.88. The molecule has 3 heterocycles. The molecule has 1 N–H and O–H groups in total. The Balaban J connectivity index is 1.65. The fraction of sp³-hybridized carbons (Fsp3) is 0.273. The number of pyridine rings is 1. The van der Waals surface area contributed by atoms with E-state index in [2.05, 4.69) is 33.1 Å². The van der Waals surface area contributed by atoms with Crippen LogP contribution in [-0.4, -0.2) is 54.7 Å². The van der Waals surface area contributed by atoms with E-state index in [1.54, 1.807) is 7.11 Å². The molecule has 3 aromatic rings. The van der Waals surface area contributed by atoms with Crippen LogP contribution < -0.4 is 4.74 Å². The van der Waals surface area contributed by atoms with E-state index in [4.69, 9.17) is 9.47 Å². The number of nitrogens with one attached hydrogen (secondary N) is 1.